The van der Waals surface area contributed by atoms with E-state index in [9.17, 15) is 9.59 Å². The van der Waals surface area contributed by atoms with Crippen LogP contribution in [0.15, 0.2) is 33.5 Å². The lowest BCUT2D eigenvalue weighted by Crippen LogP contribution is -2.07. The van der Waals surface area contributed by atoms with Gasteiger partial charge in [-0.1, -0.05) is 18.2 Å². The van der Waals surface area contributed by atoms with Crippen LogP contribution in [0.2, 0.25) is 0 Å². The molecule has 0 bridgehead atoms. The Morgan fingerprint density at radius 2 is 2.16 bits per heavy atom. The van der Waals surface area contributed by atoms with Crippen molar-refractivity contribution in [2.45, 2.75) is 6.92 Å². The molecule has 0 saturated carbocycles. The number of methoxy groups -OCH3 is 1. The molecule has 0 amide bonds. The van der Waals surface area contributed by atoms with Gasteiger partial charge in [-0.2, -0.15) is 0 Å². The monoisotopic (exact) mass is 260 g/mol. The smallest absolute Gasteiger partial charge is 0.371 e. The molecule has 1 aromatic heterocycles. The maximum Gasteiger partial charge on any atom is 0.371 e. The van der Waals surface area contributed by atoms with Crippen molar-refractivity contribution in [3.8, 4) is 5.75 Å². The molecule has 19 heavy (non-hydrogen) atoms. The molecule has 0 aliphatic rings. The highest BCUT2D eigenvalue weighted by Gasteiger charge is 2.15. The van der Waals surface area contributed by atoms with E-state index in [1.807, 2.05) is 13.0 Å². The molecule has 0 aliphatic carbocycles. The largest absolute Gasteiger partial charge is 0.492 e. The summed E-state index contributed by atoms with van der Waals surface area (Å²) >= 11 is 0. The third kappa shape index (κ3) is 2.22. The summed E-state index contributed by atoms with van der Waals surface area (Å²) in [5, 5.41) is 9.20. The summed E-state index contributed by atoms with van der Waals surface area (Å²) in [5.41, 5.74) is 0.440. The Morgan fingerprint density at radius 1 is 1.42 bits per heavy atom. The molecule has 2 rings (SSSR count). The minimum absolute atomic E-state index is 0.142. The predicted molar refractivity (Wildman–Crippen MR) is 70.7 cm³/mol. The van der Waals surface area contributed by atoms with Crippen LogP contribution in [0, 0.1) is 0 Å². The van der Waals surface area contributed by atoms with Crippen molar-refractivity contribution < 1.29 is 19.1 Å². The van der Waals surface area contributed by atoms with Gasteiger partial charge in [0, 0.05) is 11.6 Å². The van der Waals surface area contributed by atoms with E-state index in [1.54, 1.807) is 18.2 Å². The van der Waals surface area contributed by atoms with Crippen LogP contribution < -0.4 is 10.2 Å². The Labute approximate surface area is 108 Å². The fraction of sp³-hybridized carbons (Fsp3) is 0.143. The molecule has 0 radical (unpaired) electrons. The highest BCUT2D eigenvalue weighted by atomic mass is 16.5. The average Bonchev–Trinajstić information content (AvgIpc) is 2.38. The fourth-order valence-electron chi connectivity index (χ4n) is 1.84. The first-order valence-corrected chi connectivity index (χ1v) is 5.59. The van der Waals surface area contributed by atoms with Crippen molar-refractivity contribution in [3.63, 3.8) is 0 Å². The number of aromatic carboxylic acids is 1. The van der Waals surface area contributed by atoms with E-state index < -0.39 is 17.2 Å². The standard InChI is InChI=1S/C14H12O5/c1-3-4-8-5-6-9-10(15)7-11(14(16)17)19-13(9)12(8)18-2/h3-7H,1-2H3,(H,16,17)/b4-3+. The van der Waals surface area contributed by atoms with Gasteiger partial charge < -0.3 is 14.3 Å². The zero-order valence-electron chi connectivity index (χ0n) is 10.5. The lowest BCUT2D eigenvalue weighted by atomic mass is 10.1. The lowest BCUT2D eigenvalue weighted by molar-refractivity contribution is 0.0663. The van der Waals surface area contributed by atoms with Crippen LogP contribution in [0.4, 0.5) is 0 Å². The third-order valence-electron chi connectivity index (χ3n) is 2.64. The Bertz CT molecular complexity index is 724. The number of rotatable bonds is 3. The number of carboxylic acids is 1. The first-order valence-electron chi connectivity index (χ1n) is 5.59. The number of benzene rings is 1. The van der Waals surface area contributed by atoms with Crippen LogP contribution in [0.3, 0.4) is 0 Å². The number of hydrogen-bond donors (Lipinski definition) is 1. The zero-order chi connectivity index (χ0) is 14.0. The minimum Gasteiger partial charge on any atom is -0.492 e. The molecule has 0 fully saturated rings. The van der Waals surface area contributed by atoms with Crippen molar-refractivity contribution in [1.29, 1.82) is 0 Å². The number of fused-ring (bicyclic) bond motifs is 1. The summed E-state index contributed by atoms with van der Waals surface area (Å²) in [4.78, 5) is 22.8. The van der Waals surface area contributed by atoms with E-state index in [2.05, 4.69) is 0 Å². The van der Waals surface area contributed by atoms with E-state index in [1.165, 1.54) is 7.11 Å². The second-order valence-corrected chi connectivity index (χ2v) is 3.84. The highest BCUT2D eigenvalue weighted by Crippen LogP contribution is 2.29. The Morgan fingerprint density at radius 3 is 2.74 bits per heavy atom. The van der Waals surface area contributed by atoms with Gasteiger partial charge in [0.05, 0.1) is 12.5 Å². The van der Waals surface area contributed by atoms with Crippen molar-refractivity contribution in [2.24, 2.45) is 0 Å². The summed E-state index contributed by atoms with van der Waals surface area (Å²) in [6, 6.07) is 4.27. The molecule has 98 valence electrons. The van der Waals surface area contributed by atoms with Gasteiger partial charge in [-0.3, -0.25) is 4.79 Å². The molecule has 0 saturated heterocycles. The summed E-state index contributed by atoms with van der Waals surface area (Å²) in [5.74, 6) is -1.36. The van der Waals surface area contributed by atoms with Crippen LogP contribution in [0.5, 0.6) is 5.75 Å². The highest BCUT2D eigenvalue weighted by molar-refractivity contribution is 5.91. The molecule has 1 heterocycles. The molecule has 5 nitrogen and oxygen atoms in total. The van der Waals surface area contributed by atoms with Gasteiger partial charge in [-0.25, -0.2) is 4.79 Å². The van der Waals surface area contributed by atoms with Crippen molar-refractivity contribution in [3.05, 3.63) is 45.8 Å². The molecular weight excluding hydrogens is 248 g/mol. The number of allylic oxidation sites excluding steroid dienone is 1. The van der Waals surface area contributed by atoms with Gasteiger partial charge in [0.1, 0.15) is 0 Å². The number of ether oxygens (including phenoxy) is 1. The summed E-state index contributed by atoms with van der Waals surface area (Å²) in [6.45, 7) is 1.84. The molecule has 0 unspecified atom stereocenters. The van der Waals surface area contributed by atoms with Gasteiger partial charge >= 0.3 is 5.97 Å². The Hall–Kier alpha value is -2.56. The Balaban J connectivity index is 2.89. The molecule has 5 heteroatoms. The maximum absolute atomic E-state index is 11.8. The van der Waals surface area contributed by atoms with Gasteiger partial charge in [-0.15, -0.1) is 0 Å². The van der Waals surface area contributed by atoms with Crippen molar-refractivity contribution in [1.82, 2.24) is 0 Å². The third-order valence-corrected chi connectivity index (χ3v) is 2.64. The quantitative estimate of drug-likeness (QED) is 0.917. The van der Waals surface area contributed by atoms with E-state index in [-0.39, 0.29) is 11.0 Å². The SMILES string of the molecule is C/C=C/c1ccc2c(=O)cc(C(=O)O)oc2c1OC. The fourth-order valence-corrected chi connectivity index (χ4v) is 1.84. The molecule has 1 aromatic carbocycles. The molecule has 1 N–H and O–H groups in total. The molecule has 0 aliphatic heterocycles. The molecular formula is C14H12O5. The molecule has 2 aromatic rings. The second kappa shape index (κ2) is 4.97. The van der Waals surface area contributed by atoms with Gasteiger partial charge in [0.2, 0.25) is 5.76 Å². The first kappa shape index (κ1) is 12.9. The number of carbonyl (C=O) groups is 1. The number of hydrogen-bond acceptors (Lipinski definition) is 4. The minimum atomic E-state index is -1.29. The van der Waals surface area contributed by atoms with Gasteiger partial charge in [-0.05, 0) is 13.0 Å². The Kier molecular flexibility index (Phi) is 3.37. The summed E-state index contributed by atoms with van der Waals surface area (Å²) in [6.07, 6.45) is 3.59. The topological polar surface area (TPSA) is 76.7 Å². The van der Waals surface area contributed by atoms with Crippen LogP contribution in [0.1, 0.15) is 23.0 Å². The predicted octanol–water partition coefficient (Wildman–Crippen LogP) is 2.53. The second-order valence-electron chi connectivity index (χ2n) is 3.84. The van der Waals surface area contributed by atoms with E-state index in [4.69, 9.17) is 14.3 Å². The van der Waals surface area contributed by atoms with Crippen molar-refractivity contribution >= 4 is 23.0 Å². The van der Waals surface area contributed by atoms with Gasteiger partial charge in [0.15, 0.2) is 16.8 Å². The van der Waals surface area contributed by atoms with Crippen LogP contribution >= 0.6 is 0 Å². The lowest BCUT2D eigenvalue weighted by Gasteiger charge is -2.08. The zero-order valence-corrected chi connectivity index (χ0v) is 10.5. The van der Waals surface area contributed by atoms with Gasteiger partial charge in [0.25, 0.3) is 0 Å². The van der Waals surface area contributed by atoms with E-state index >= 15 is 0 Å². The maximum atomic E-state index is 11.8. The summed E-state index contributed by atoms with van der Waals surface area (Å²) in [7, 11) is 1.44. The van der Waals surface area contributed by atoms with E-state index in [0.29, 0.717) is 11.3 Å². The van der Waals surface area contributed by atoms with Crippen LogP contribution in [0.25, 0.3) is 17.0 Å². The van der Waals surface area contributed by atoms with Crippen molar-refractivity contribution in [2.75, 3.05) is 7.11 Å². The molecule has 0 spiro atoms. The number of carboxylic acid groups (broad SMARTS) is 1. The average molecular weight is 260 g/mol. The van der Waals surface area contributed by atoms with Crippen LogP contribution in [-0.2, 0) is 0 Å². The summed E-state index contributed by atoms with van der Waals surface area (Å²) < 4.78 is 10.5. The first-order chi connectivity index (χ1) is 9.08. The van der Waals surface area contributed by atoms with E-state index in [0.717, 1.165) is 6.07 Å². The van der Waals surface area contributed by atoms with Crippen LogP contribution in [-0.4, -0.2) is 18.2 Å². The molecule has 0 atom stereocenters. The normalized spacial score (nSPS) is 11.1.